The van der Waals surface area contributed by atoms with Gasteiger partial charge in [0.1, 0.15) is 0 Å². The van der Waals surface area contributed by atoms with Crippen LogP contribution in [0.5, 0.6) is 0 Å². The summed E-state index contributed by atoms with van der Waals surface area (Å²) < 4.78 is 4.77. The van der Waals surface area contributed by atoms with Crippen LogP contribution in [0.2, 0.25) is 0 Å². The van der Waals surface area contributed by atoms with E-state index in [2.05, 4.69) is 0 Å². The molecule has 4 heteroatoms. The molecule has 1 aliphatic carbocycles. The molecule has 11 heavy (non-hydrogen) atoms. The number of ketones is 2. The smallest absolute Gasteiger partial charge is 0.193 e. The van der Waals surface area contributed by atoms with Crippen molar-refractivity contribution in [2.75, 3.05) is 6.61 Å². The lowest BCUT2D eigenvalue weighted by molar-refractivity contribution is -0.120. The number of hydrogen-bond donors (Lipinski definition) is 1. The van der Waals surface area contributed by atoms with Crippen LogP contribution >= 0.6 is 0 Å². The summed E-state index contributed by atoms with van der Waals surface area (Å²) in [6.07, 6.45) is 0.0312. The minimum absolute atomic E-state index is 0.161. The van der Waals surface area contributed by atoms with Gasteiger partial charge in [0.15, 0.2) is 23.8 Å². The maximum Gasteiger partial charge on any atom is 0.193 e. The molecule has 58 valence electrons. The molecule has 0 aromatic heterocycles. The molecule has 1 fully saturated rings. The van der Waals surface area contributed by atoms with Gasteiger partial charge in [-0.1, -0.05) is 0 Å². The molecule has 1 heterocycles. The summed E-state index contributed by atoms with van der Waals surface area (Å²) in [4.78, 5) is 21.9. The Morgan fingerprint density at radius 3 is 2.82 bits per heavy atom. The van der Waals surface area contributed by atoms with Crippen molar-refractivity contribution in [3.63, 3.8) is 0 Å². The number of ether oxygens (including phenoxy) is 1. The van der Waals surface area contributed by atoms with Crippen molar-refractivity contribution < 1.29 is 19.4 Å². The molecular formula is C7H6O4. The van der Waals surface area contributed by atoms with Gasteiger partial charge in [-0.05, 0) is 6.08 Å². The molecule has 0 radical (unpaired) electrons. The lowest BCUT2D eigenvalue weighted by Crippen LogP contribution is -2.24. The van der Waals surface area contributed by atoms with Crippen LogP contribution in [-0.4, -0.2) is 35.5 Å². The van der Waals surface area contributed by atoms with Crippen LogP contribution < -0.4 is 0 Å². The zero-order valence-electron chi connectivity index (χ0n) is 5.61. The van der Waals surface area contributed by atoms with Crippen molar-refractivity contribution >= 4 is 11.6 Å². The van der Waals surface area contributed by atoms with Crippen molar-refractivity contribution in [1.82, 2.24) is 0 Å². The first-order valence-electron chi connectivity index (χ1n) is 3.29. The Hall–Kier alpha value is -1.00. The molecule has 2 aliphatic rings. The Balaban J connectivity index is 2.32. The minimum Gasteiger partial charge on any atom is -0.392 e. The fraction of sp³-hybridized carbons (Fsp3) is 0.429. The lowest BCUT2D eigenvalue weighted by atomic mass is 9.98. The third-order valence-electron chi connectivity index (χ3n) is 1.83. The van der Waals surface area contributed by atoms with Gasteiger partial charge in [0.05, 0.1) is 6.61 Å². The molecule has 0 aromatic rings. The first-order valence-corrected chi connectivity index (χ1v) is 3.29. The summed E-state index contributed by atoms with van der Waals surface area (Å²) in [5, 5.41) is 8.62. The fourth-order valence-corrected chi connectivity index (χ4v) is 1.16. The second-order valence-electron chi connectivity index (χ2n) is 2.57. The molecule has 0 spiro atoms. The third kappa shape index (κ3) is 0.834. The quantitative estimate of drug-likeness (QED) is 0.483. The number of carbonyl (C=O) groups excluding carboxylic acids is 2. The average Bonchev–Trinajstić information content (AvgIpc) is 2.75. The zero-order chi connectivity index (χ0) is 8.01. The van der Waals surface area contributed by atoms with E-state index < -0.39 is 12.2 Å². The monoisotopic (exact) mass is 154 g/mol. The Labute approximate surface area is 62.5 Å². The highest BCUT2D eigenvalue weighted by Gasteiger charge is 2.52. The first kappa shape index (κ1) is 6.69. The molecule has 1 aliphatic heterocycles. The average molecular weight is 154 g/mol. The van der Waals surface area contributed by atoms with Crippen molar-refractivity contribution in [3.05, 3.63) is 11.6 Å². The summed E-state index contributed by atoms with van der Waals surface area (Å²) in [5.41, 5.74) is 0.161. The summed E-state index contributed by atoms with van der Waals surface area (Å²) in [6, 6.07) is 0. The predicted molar refractivity (Wildman–Crippen MR) is 33.8 cm³/mol. The number of Topliss-reactive ketones (excluding diaryl/α,β-unsaturated/α-hetero) is 1. The van der Waals surface area contributed by atoms with Gasteiger partial charge in [-0.2, -0.15) is 0 Å². The van der Waals surface area contributed by atoms with Crippen molar-refractivity contribution in [2.45, 2.75) is 12.2 Å². The highest BCUT2D eigenvalue weighted by atomic mass is 16.6. The number of hydrogen-bond acceptors (Lipinski definition) is 4. The van der Waals surface area contributed by atoms with Crippen LogP contribution in [0.4, 0.5) is 0 Å². The maximum absolute atomic E-state index is 11.0. The molecule has 1 saturated heterocycles. The van der Waals surface area contributed by atoms with Gasteiger partial charge in [0, 0.05) is 5.57 Å². The number of carbonyl (C=O) groups is 2. The minimum atomic E-state index is -0.588. The van der Waals surface area contributed by atoms with Gasteiger partial charge in [-0.3, -0.25) is 9.59 Å². The van der Waals surface area contributed by atoms with E-state index in [1.165, 1.54) is 0 Å². The van der Waals surface area contributed by atoms with Crippen LogP contribution in [-0.2, 0) is 14.3 Å². The Morgan fingerprint density at radius 1 is 1.45 bits per heavy atom. The molecule has 2 atom stereocenters. The highest BCUT2D eigenvalue weighted by Crippen LogP contribution is 2.30. The number of aliphatic hydroxyl groups is 1. The van der Waals surface area contributed by atoms with Crippen LogP contribution in [0.3, 0.4) is 0 Å². The van der Waals surface area contributed by atoms with Gasteiger partial charge < -0.3 is 9.84 Å². The standard InChI is InChI=1S/C7H6O4/c8-2-3-1-4(9)6-7(11-6)5(3)10/h1,6-8H,2H2/t6?,7-/m0/s1. The second kappa shape index (κ2) is 1.99. The molecular weight excluding hydrogens is 148 g/mol. The topological polar surface area (TPSA) is 66.9 Å². The zero-order valence-corrected chi connectivity index (χ0v) is 5.61. The van der Waals surface area contributed by atoms with E-state index in [0.717, 1.165) is 6.08 Å². The third-order valence-corrected chi connectivity index (χ3v) is 1.83. The number of fused-ring (bicyclic) bond motifs is 1. The largest absolute Gasteiger partial charge is 0.392 e. The van der Waals surface area contributed by atoms with E-state index in [9.17, 15) is 9.59 Å². The van der Waals surface area contributed by atoms with Crippen LogP contribution in [0.1, 0.15) is 0 Å². The van der Waals surface area contributed by atoms with E-state index >= 15 is 0 Å². The van der Waals surface area contributed by atoms with Crippen molar-refractivity contribution in [2.24, 2.45) is 0 Å². The Morgan fingerprint density at radius 2 is 2.18 bits per heavy atom. The molecule has 0 saturated carbocycles. The van der Waals surface area contributed by atoms with E-state index in [-0.39, 0.29) is 23.7 Å². The molecule has 0 aromatic carbocycles. The summed E-state index contributed by atoms with van der Waals surface area (Å²) in [7, 11) is 0. The van der Waals surface area contributed by atoms with Gasteiger partial charge in [-0.15, -0.1) is 0 Å². The summed E-state index contributed by atoms with van der Waals surface area (Å²) >= 11 is 0. The van der Waals surface area contributed by atoms with E-state index in [4.69, 9.17) is 9.84 Å². The fourth-order valence-electron chi connectivity index (χ4n) is 1.16. The van der Waals surface area contributed by atoms with Crippen LogP contribution in [0.25, 0.3) is 0 Å². The highest BCUT2D eigenvalue weighted by molar-refractivity contribution is 6.15. The summed E-state index contributed by atoms with van der Waals surface area (Å²) in [5.74, 6) is -0.462. The number of rotatable bonds is 1. The SMILES string of the molecule is O=C1C=C(CO)C(=O)[C@@H]2OC12. The Kier molecular flexibility index (Phi) is 1.21. The number of epoxide rings is 1. The number of aliphatic hydroxyl groups excluding tert-OH is 1. The molecule has 0 bridgehead atoms. The van der Waals surface area contributed by atoms with Gasteiger partial charge in [0.2, 0.25) is 0 Å². The molecule has 2 rings (SSSR count). The molecule has 1 unspecified atom stereocenters. The normalized spacial score (nSPS) is 34.8. The summed E-state index contributed by atoms with van der Waals surface area (Å²) in [6.45, 7) is -0.378. The Bertz CT molecular complexity index is 266. The van der Waals surface area contributed by atoms with Crippen LogP contribution in [0, 0.1) is 0 Å². The molecule has 0 amide bonds. The van der Waals surface area contributed by atoms with Gasteiger partial charge in [-0.25, -0.2) is 0 Å². The molecule has 4 nitrogen and oxygen atoms in total. The van der Waals surface area contributed by atoms with E-state index in [1.807, 2.05) is 0 Å². The molecule has 1 N–H and O–H groups in total. The van der Waals surface area contributed by atoms with Gasteiger partial charge >= 0.3 is 0 Å². The van der Waals surface area contributed by atoms with Gasteiger partial charge in [0.25, 0.3) is 0 Å². The van der Waals surface area contributed by atoms with Crippen molar-refractivity contribution in [3.8, 4) is 0 Å². The second-order valence-corrected chi connectivity index (χ2v) is 2.57. The lowest BCUT2D eigenvalue weighted by Gasteiger charge is -2.02. The van der Waals surface area contributed by atoms with Crippen LogP contribution in [0.15, 0.2) is 11.6 Å². The first-order chi connectivity index (χ1) is 5.24. The van der Waals surface area contributed by atoms with E-state index in [0.29, 0.717) is 0 Å². The predicted octanol–water partition coefficient (Wildman–Crippen LogP) is -1.18. The van der Waals surface area contributed by atoms with E-state index in [1.54, 1.807) is 0 Å². The maximum atomic E-state index is 11.0. The van der Waals surface area contributed by atoms with Crippen molar-refractivity contribution in [1.29, 1.82) is 0 Å².